The molecule has 3 aliphatic rings. The Kier molecular flexibility index (Phi) is 7.65. The lowest BCUT2D eigenvalue weighted by molar-refractivity contribution is -0.132. The van der Waals surface area contributed by atoms with Crippen LogP contribution >= 0.6 is 11.8 Å². The van der Waals surface area contributed by atoms with Crippen LogP contribution in [0.3, 0.4) is 0 Å². The van der Waals surface area contributed by atoms with E-state index in [0.29, 0.717) is 18.5 Å². The molecular weight excluding hydrogens is 462 g/mol. The van der Waals surface area contributed by atoms with Gasteiger partial charge in [-0.1, -0.05) is 30.0 Å². The summed E-state index contributed by atoms with van der Waals surface area (Å²) in [6.45, 7) is 8.08. The number of carbonyl (C=O) groups excluding carboxylic acids is 2. The first-order valence-electron chi connectivity index (χ1n) is 12.5. The molecule has 2 amide bonds. The van der Waals surface area contributed by atoms with Crippen molar-refractivity contribution in [2.24, 2.45) is 0 Å². The van der Waals surface area contributed by atoms with Crippen molar-refractivity contribution in [3.8, 4) is 0 Å². The van der Waals surface area contributed by atoms with E-state index in [2.05, 4.69) is 22.1 Å². The molecule has 0 saturated carbocycles. The Morgan fingerprint density at radius 2 is 2.06 bits per heavy atom. The highest BCUT2D eigenvalue weighted by molar-refractivity contribution is 7.99. The van der Waals surface area contributed by atoms with Gasteiger partial charge in [0.05, 0.1) is 31.4 Å². The maximum absolute atomic E-state index is 13.2. The van der Waals surface area contributed by atoms with Gasteiger partial charge in [-0.05, 0) is 37.0 Å². The lowest BCUT2D eigenvalue weighted by Crippen LogP contribution is -2.40. The van der Waals surface area contributed by atoms with Gasteiger partial charge in [-0.3, -0.25) is 14.5 Å². The molecule has 2 aromatic rings. The molecule has 1 aromatic carbocycles. The molecule has 2 saturated heterocycles. The monoisotopic (exact) mass is 495 g/mol. The number of ether oxygens (including phenoxy) is 1. The van der Waals surface area contributed by atoms with Crippen molar-refractivity contribution in [2.45, 2.75) is 43.3 Å². The van der Waals surface area contributed by atoms with Gasteiger partial charge in [0, 0.05) is 56.2 Å². The third-order valence-corrected chi connectivity index (χ3v) is 8.00. The standard InChI is InChI=1S/C26H33N5O3S/c1-18-16-27-26(35-14-11-30-9-12-34-13-10-30)29-24(18)19-5-4-8-31(17-19)23(32)15-22-20-6-2-3-7-21(20)25(33)28-22/h2-3,6-7,16,19,22H,4-5,8-15,17H2,1H3,(H,28,33)/t19-,22+/m1/s1. The Hall–Kier alpha value is -2.49. The normalized spacial score (nSPS) is 22.7. The molecule has 0 aliphatic carbocycles. The molecule has 0 bridgehead atoms. The number of fused-ring (bicyclic) bond motifs is 1. The van der Waals surface area contributed by atoms with Crippen LogP contribution in [-0.2, 0) is 9.53 Å². The Bertz CT molecular complexity index is 1070. The molecule has 186 valence electrons. The molecule has 0 radical (unpaired) electrons. The number of hydrogen-bond acceptors (Lipinski definition) is 7. The van der Waals surface area contributed by atoms with Crippen LogP contribution in [0.4, 0.5) is 0 Å². The van der Waals surface area contributed by atoms with Crippen LogP contribution in [0.5, 0.6) is 0 Å². The fraction of sp³-hybridized carbons (Fsp3) is 0.538. The van der Waals surface area contributed by atoms with E-state index in [-0.39, 0.29) is 23.8 Å². The molecule has 4 heterocycles. The molecule has 9 heteroatoms. The number of aryl methyl sites for hydroxylation is 1. The fourth-order valence-electron chi connectivity index (χ4n) is 5.22. The minimum atomic E-state index is -0.248. The van der Waals surface area contributed by atoms with Gasteiger partial charge >= 0.3 is 0 Å². The number of aromatic nitrogens is 2. The first kappa shape index (κ1) is 24.2. The summed E-state index contributed by atoms with van der Waals surface area (Å²) < 4.78 is 5.42. The summed E-state index contributed by atoms with van der Waals surface area (Å²) in [6.07, 6.45) is 4.18. The van der Waals surface area contributed by atoms with Crippen LogP contribution in [0.25, 0.3) is 0 Å². The number of carbonyl (C=O) groups is 2. The van der Waals surface area contributed by atoms with Gasteiger partial charge in [0.15, 0.2) is 5.16 Å². The second-order valence-corrected chi connectivity index (χ2v) is 10.6. The van der Waals surface area contributed by atoms with Crippen molar-refractivity contribution in [1.29, 1.82) is 0 Å². The average molecular weight is 496 g/mol. The molecule has 8 nitrogen and oxygen atoms in total. The zero-order valence-corrected chi connectivity index (χ0v) is 21.1. The van der Waals surface area contributed by atoms with E-state index in [9.17, 15) is 9.59 Å². The maximum atomic E-state index is 13.2. The largest absolute Gasteiger partial charge is 0.379 e. The predicted molar refractivity (Wildman–Crippen MR) is 135 cm³/mol. The Morgan fingerprint density at radius 1 is 1.23 bits per heavy atom. The van der Waals surface area contributed by atoms with Crippen LogP contribution in [0.1, 0.15) is 58.4 Å². The van der Waals surface area contributed by atoms with Crippen LogP contribution < -0.4 is 5.32 Å². The predicted octanol–water partition coefficient (Wildman–Crippen LogP) is 2.79. The summed E-state index contributed by atoms with van der Waals surface area (Å²) in [5, 5.41) is 3.78. The summed E-state index contributed by atoms with van der Waals surface area (Å²) in [5.41, 5.74) is 3.74. The van der Waals surface area contributed by atoms with E-state index in [0.717, 1.165) is 80.0 Å². The summed E-state index contributed by atoms with van der Waals surface area (Å²) in [6, 6.07) is 7.29. The first-order valence-corrected chi connectivity index (χ1v) is 13.5. The molecule has 1 aromatic heterocycles. The molecular formula is C26H33N5O3S. The van der Waals surface area contributed by atoms with Crippen molar-refractivity contribution >= 4 is 23.6 Å². The Balaban J connectivity index is 1.19. The van der Waals surface area contributed by atoms with Gasteiger partial charge in [0.1, 0.15) is 0 Å². The molecule has 5 rings (SSSR count). The summed E-state index contributed by atoms with van der Waals surface area (Å²) >= 11 is 1.70. The number of nitrogens with zero attached hydrogens (tertiary/aromatic N) is 4. The third-order valence-electron chi connectivity index (χ3n) is 7.16. The van der Waals surface area contributed by atoms with Crippen molar-refractivity contribution in [1.82, 2.24) is 25.1 Å². The van der Waals surface area contributed by atoms with Crippen LogP contribution in [0.2, 0.25) is 0 Å². The number of rotatable bonds is 7. The summed E-state index contributed by atoms with van der Waals surface area (Å²) in [5.74, 6) is 1.15. The van der Waals surface area contributed by atoms with Crippen molar-refractivity contribution < 1.29 is 14.3 Å². The molecule has 0 unspecified atom stereocenters. The molecule has 35 heavy (non-hydrogen) atoms. The summed E-state index contributed by atoms with van der Waals surface area (Å²) in [7, 11) is 0. The number of likely N-dealkylation sites (tertiary alicyclic amines) is 1. The second kappa shape index (κ2) is 11.1. The minimum absolute atomic E-state index is 0.0866. The lowest BCUT2D eigenvalue weighted by Gasteiger charge is -2.33. The number of amides is 2. The van der Waals surface area contributed by atoms with E-state index in [1.54, 1.807) is 11.8 Å². The quantitative estimate of drug-likeness (QED) is 0.467. The van der Waals surface area contributed by atoms with Crippen LogP contribution in [0, 0.1) is 6.92 Å². The number of nitrogens with one attached hydrogen (secondary N) is 1. The highest BCUT2D eigenvalue weighted by Crippen LogP contribution is 2.32. The van der Waals surface area contributed by atoms with Crippen LogP contribution in [-0.4, -0.2) is 83.3 Å². The van der Waals surface area contributed by atoms with Crippen molar-refractivity contribution in [3.63, 3.8) is 0 Å². The van der Waals surface area contributed by atoms with Gasteiger partial charge in [0.25, 0.3) is 5.91 Å². The SMILES string of the molecule is Cc1cnc(SCCN2CCOCC2)nc1[C@@H]1CCCN(C(=O)C[C@@H]2NC(=O)c3ccccc32)C1. The second-order valence-electron chi connectivity index (χ2n) is 9.52. The topological polar surface area (TPSA) is 87.7 Å². The third kappa shape index (κ3) is 5.68. The van der Waals surface area contributed by atoms with Gasteiger partial charge < -0.3 is 15.0 Å². The molecule has 2 fully saturated rings. The fourth-order valence-corrected chi connectivity index (χ4v) is 6.05. The van der Waals surface area contributed by atoms with Crippen molar-refractivity contribution in [3.05, 3.63) is 52.8 Å². The maximum Gasteiger partial charge on any atom is 0.252 e. The molecule has 3 aliphatic heterocycles. The van der Waals surface area contributed by atoms with E-state index in [1.807, 2.05) is 35.4 Å². The van der Waals surface area contributed by atoms with Gasteiger partial charge in [0.2, 0.25) is 5.91 Å². The highest BCUT2D eigenvalue weighted by atomic mass is 32.2. The lowest BCUT2D eigenvalue weighted by atomic mass is 9.92. The van der Waals surface area contributed by atoms with E-state index < -0.39 is 0 Å². The molecule has 0 spiro atoms. The number of piperidine rings is 1. The van der Waals surface area contributed by atoms with E-state index in [1.165, 1.54) is 0 Å². The Labute approximate surface area is 210 Å². The van der Waals surface area contributed by atoms with Crippen LogP contribution in [0.15, 0.2) is 35.6 Å². The number of hydrogen-bond donors (Lipinski definition) is 1. The van der Waals surface area contributed by atoms with Crippen molar-refractivity contribution in [2.75, 3.05) is 51.7 Å². The first-order chi connectivity index (χ1) is 17.1. The zero-order chi connectivity index (χ0) is 24.2. The average Bonchev–Trinajstić information content (AvgIpc) is 3.21. The van der Waals surface area contributed by atoms with E-state index >= 15 is 0 Å². The minimum Gasteiger partial charge on any atom is -0.379 e. The van der Waals surface area contributed by atoms with Gasteiger partial charge in [-0.25, -0.2) is 9.97 Å². The molecule has 2 atom stereocenters. The van der Waals surface area contributed by atoms with E-state index in [4.69, 9.17) is 9.72 Å². The highest BCUT2D eigenvalue weighted by Gasteiger charge is 2.33. The number of thioether (sulfide) groups is 1. The van der Waals surface area contributed by atoms with Gasteiger partial charge in [-0.15, -0.1) is 0 Å². The number of morpholine rings is 1. The summed E-state index contributed by atoms with van der Waals surface area (Å²) in [4.78, 5) is 39.3. The van der Waals surface area contributed by atoms with Gasteiger partial charge in [-0.2, -0.15) is 0 Å². The Morgan fingerprint density at radius 3 is 2.91 bits per heavy atom. The number of benzene rings is 1. The molecule has 1 N–H and O–H groups in total. The zero-order valence-electron chi connectivity index (χ0n) is 20.2. The smallest absolute Gasteiger partial charge is 0.252 e.